The number of ether oxygens (including phenoxy) is 2. The van der Waals surface area contributed by atoms with E-state index in [9.17, 15) is 9.59 Å². The molecule has 0 aromatic heterocycles. The van der Waals surface area contributed by atoms with Crippen molar-refractivity contribution in [2.75, 3.05) is 32.1 Å². The zero-order valence-corrected chi connectivity index (χ0v) is 16.2. The predicted molar refractivity (Wildman–Crippen MR) is 106 cm³/mol. The molecule has 0 aliphatic heterocycles. The molecule has 0 saturated heterocycles. The van der Waals surface area contributed by atoms with Gasteiger partial charge in [-0.2, -0.15) is 0 Å². The summed E-state index contributed by atoms with van der Waals surface area (Å²) in [5, 5.41) is 2.83. The van der Waals surface area contributed by atoms with Crippen LogP contribution in [0.3, 0.4) is 0 Å². The van der Waals surface area contributed by atoms with Crippen molar-refractivity contribution in [3.05, 3.63) is 53.6 Å². The molecule has 0 fully saturated rings. The highest BCUT2D eigenvalue weighted by Gasteiger charge is 2.15. The summed E-state index contributed by atoms with van der Waals surface area (Å²) in [5.41, 5.74) is 1.55. The average Bonchev–Trinajstić information content (AvgIpc) is 2.69. The molecule has 0 aliphatic rings. The first kappa shape index (κ1) is 20.3. The third kappa shape index (κ3) is 5.00. The fraction of sp³-hybridized carbons (Fsp3) is 0.333. The van der Waals surface area contributed by atoms with Gasteiger partial charge in [-0.05, 0) is 57.2 Å². The molecule has 27 heavy (non-hydrogen) atoms. The van der Waals surface area contributed by atoms with E-state index in [0.29, 0.717) is 48.0 Å². The van der Waals surface area contributed by atoms with E-state index in [0.717, 1.165) is 0 Å². The zero-order valence-electron chi connectivity index (χ0n) is 16.2. The fourth-order valence-electron chi connectivity index (χ4n) is 2.71. The topological polar surface area (TPSA) is 67.9 Å². The second-order valence-corrected chi connectivity index (χ2v) is 5.81. The van der Waals surface area contributed by atoms with Crippen LogP contribution in [0.5, 0.6) is 11.5 Å². The number of carbonyl (C=O) groups excluding carboxylic acids is 2. The minimum absolute atomic E-state index is 0.0563. The summed E-state index contributed by atoms with van der Waals surface area (Å²) < 4.78 is 10.8. The van der Waals surface area contributed by atoms with Gasteiger partial charge in [0.05, 0.1) is 13.7 Å². The Hall–Kier alpha value is -3.02. The molecule has 144 valence electrons. The molecule has 0 aliphatic carbocycles. The molecule has 2 rings (SSSR count). The van der Waals surface area contributed by atoms with Crippen LogP contribution in [-0.4, -0.2) is 43.5 Å². The van der Waals surface area contributed by atoms with Gasteiger partial charge in [0.2, 0.25) is 0 Å². The van der Waals surface area contributed by atoms with Crippen LogP contribution in [0.15, 0.2) is 42.5 Å². The number of nitrogens with one attached hydrogen (secondary N) is 1. The number of methoxy groups -OCH3 is 1. The Morgan fingerprint density at radius 3 is 2.33 bits per heavy atom. The lowest BCUT2D eigenvalue weighted by atomic mass is 10.1. The van der Waals surface area contributed by atoms with E-state index in [1.165, 1.54) is 0 Å². The van der Waals surface area contributed by atoms with Crippen molar-refractivity contribution in [3.63, 3.8) is 0 Å². The number of rotatable bonds is 8. The van der Waals surface area contributed by atoms with Gasteiger partial charge >= 0.3 is 0 Å². The Bertz CT molecular complexity index is 801. The first-order valence-electron chi connectivity index (χ1n) is 9.05. The highest BCUT2D eigenvalue weighted by atomic mass is 16.5. The fourth-order valence-corrected chi connectivity index (χ4v) is 2.71. The van der Waals surface area contributed by atoms with Gasteiger partial charge in [0.1, 0.15) is 0 Å². The lowest BCUT2D eigenvalue weighted by Crippen LogP contribution is -2.30. The van der Waals surface area contributed by atoms with Crippen LogP contribution in [0.2, 0.25) is 0 Å². The summed E-state index contributed by atoms with van der Waals surface area (Å²) in [4.78, 5) is 26.8. The minimum atomic E-state index is -0.286. The lowest BCUT2D eigenvalue weighted by Gasteiger charge is -2.19. The summed E-state index contributed by atoms with van der Waals surface area (Å²) in [6.45, 7) is 7.48. The molecule has 2 aromatic carbocycles. The van der Waals surface area contributed by atoms with E-state index in [2.05, 4.69) is 5.32 Å². The van der Waals surface area contributed by atoms with Gasteiger partial charge in [0.25, 0.3) is 11.8 Å². The number of anilines is 1. The van der Waals surface area contributed by atoms with Crippen molar-refractivity contribution >= 4 is 17.5 Å². The Kier molecular flexibility index (Phi) is 7.23. The molecule has 0 spiro atoms. The molecule has 0 unspecified atom stereocenters. The van der Waals surface area contributed by atoms with Crippen molar-refractivity contribution in [2.45, 2.75) is 20.8 Å². The van der Waals surface area contributed by atoms with Gasteiger partial charge in [0, 0.05) is 29.9 Å². The van der Waals surface area contributed by atoms with Crippen molar-refractivity contribution in [3.8, 4) is 11.5 Å². The Morgan fingerprint density at radius 2 is 1.70 bits per heavy atom. The predicted octanol–water partition coefficient (Wildman–Crippen LogP) is 3.83. The summed E-state index contributed by atoms with van der Waals surface area (Å²) in [6, 6.07) is 11.9. The largest absolute Gasteiger partial charge is 0.493 e. The molecule has 2 amide bonds. The van der Waals surface area contributed by atoms with Crippen LogP contribution in [0.4, 0.5) is 5.69 Å². The van der Waals surface area contributed by atoms with E-state index >= 15 is 0 Å². The quantitative estimate of drug-likeness (QED) is 0.767. The van der Waals surface area contributed by atoms with Crippen molar-refractivity contribution in [1.29, 1.82) is 0 Å². The van der Waals surface area contributed by atoms with E-state index < -0.39 is 0 Å². The minimum Gasteiger partial charge on any atom is -0.493 e. The van der Waals surface area contributed by atoms with Crippen LogP contribution in [-0.2, 0) is 0 Å². The van der Waals surface area contributed by atoms with E-state index in [4.69, 9.17) is 9.47 Å². The first-order valence-corrected chi connectivity index (χ1v) is 9.05. The van der Waals surface area contributed by atoms with Crippen LogP contribution < -0.4 is 14.8 Å². The van der Waals surface area contributed by atoms with Gasteiger partial charge in [-0.15, -0.1) is 0 Å². The van der Waals surface area contributed by atoms with E-state index in [1.807, 2.05) is 20.8 Å². The number of carbonyl (C=O) groups is 2. The third-order valence-corrected chi connectivity index (χ3v) is 4.14. The smallest absolute Gasteiger partial charge is 0.255 e. The maximum absolute atomic E-state index is 12.6. The Morgan fingerprint density at radius 1 is 0.963 bits per heavy atom. The molecule has 1 N–H and O–H groups in total. The van der Waals surface area contributed by atoms with Crippen molar-refractivity contribution in [1.82, 2.24) is 4.90 Å². The molecule has 0 atom stereocenters. The molecular weight excluding hydrogens is 344 g/mol. The van der Waals surface area contributed by atoms with Gasteiger partial charge in [-0.1, -0.05) is 6.07 Å². The molecule has 6 nitrogen and oxygen atoms in total. The summed E-state index contributed by atoms with van der Waals surface area (Å²) in [5.74, 6) is 0.739. The molecule has 0 saturated carbocycles. The van der Waals surface area contributed by atoms with E-state index in [-0.39, 0.29) is 11.8 Å². The van der Waals surface area contributed by atoms with Gasteiger partial charge in [0.15, 0.2) is 11.5 Å². The standard InChI is InChI=1S/C21H26N2O4/c1-5-23(6-2)21(25)16-9-8-10-17(13-16)22-20(24)15-11-12-18(26-4)19(14-15)27-7-3/h8-14H,5-7H2,1-4H3,(H,22,24). The molecule has 6 heteroatoms. The summed E-state index contributed by atoms with van der Waals surface area (Å²) in [6.07, 6.45) is 0. The number of amides is 2. The normalized spacial score (nSPS) is 10.2. The van der Waals surface area contributed by atoms with Gasteiger partial charge in [-0.25, -0.2) is 0 Å². The molecule has 2 aromatic rings. The van der Waals surface area contributed by atoms with Crippen LogP contribution in [0.1, 0.15) is 41.5 Å². The van der Waals surface area contributed by atoms with Crippen molar-refractivity contribution in [2.24, 2.45) is 0 Å². The van der Waals surface area contributed by atoms with Crippen LogP contribution >= 0.6 is 0 Å². The highest BCUT2D eigenvalue weighted by Crippen LogP contribution is 2.28. The second kappa shape index (κ2) is 9.62. The summed E-state index contributed by atoms with van der Waals surface area (Å²) >= 11 is 0. The molecule has 0 radical (unpaired) electrons. The van der Waals surface area contributed by atoms with Gasteiger partial charge in [-0.3, -0.25) is 9.59 Å². The lowest BCUT2D eigenvalue weighted by molar-refractivity contribution is 0.0772. The maximum atomic E-state index is 12.6. The Labute approximate surface area is 160 Å². The molecule has 0 heterocycles. The maximum Gasteiger partial charge on any atom is 0.255 e. The highest BCUT2D eigenvalue weighted by molar-refractivity contribution is 6.05. The number of benzene rings is 2. The van der Waals surface area contributed by atoms with Crippen molar-refractivity contribution < 1.29 is 19.1 Å². The van der Waals surface area contributed by atoms with Crippen LogP contribution in [0.25, 0.3) is 0 Å². The van der Waals surface area contributed by atoms with E-state index in [1.54, 1.807) is 54.5 Å². The second-order valence-electron chi connectivity index (χ2n) is 5.81. The van der Waals surface area contributed by atoms with Gasteiger partial charge < -0.3 is 19.7 Å². The SMILES string of the molecule is CCOc1cc(C(=O)Nc2cccc(C(=O)N(CC)CC)c2)ccc1OC. The third-order valence-electron chi connectivity index (χ3n) is 4.14. The Balaban J connectivity index is 2.20. The average molecular weight is 370 g/mol. The first-order chi connectivity index (χ1) is 13.0. The molecule has 0 bridgehead atoms. The monoisotopic (exact) mass is 370 g/mol. The zero-order chi connectivity index (χ0) is 19.8. The molecular formula is C21H26N2O4. The summed E-state index contributed by atoms with van der Waals surface area (Å²) in [7, 11) is 1.55. The number of hydrogen-bond donors (Lipinski definition) is 1. The number of hydrogen-bond acceptors (Lipinski definition) is 4. The van der Waals surface area contributed by atoms with Crippen LogP contribution in [0, 0.1) is 0 Å². The number of nitrogens with zero attached hydrogens (tertiary/aromatic N) is 1.